The maximum Gasteiger partial charge on any atom is 0.339 e. The van der Waals surface area contributed by atoms with Crippen LogP contribution in [0.4, 0.5) is 5.69 Å². The fourth-order valence-corrected chi connectivity index (χ4v) is 4.16. The number of aryl methyl sites for hydroxylation is 3. The van der Waals surface area contributed by atoms with E-state index in [4.69, 9.17) is 29.9 Å². The number of ether oxygens (including phenoxy) is 2. The molecule has 0 aliphatic carbocycles. The standard InChI is InChI=1S/C25H24ClNO6/c1-12-14(3)32-20-10-21-17(8-16(12)20)13(2)15(25(29)33-21)6-7-24(28)27-19-9-18(26)22(30-4)11-23(19)31-5/h8-11H,6-7H2,1-5H3,(H,27,28). The van der Waals surface area contributed by atoms with Crippen molar-refractivity contribution in [1.82, 2.24) is 0 Å². The van der Waals surface area contributed by atoms with Crippen molar-refractivity contribution in [3.63, 3.8) is 0 Å². The number of nitrogens with one attached hydrogen (secondary N) is 1. The van der Waals surface area contributed by atoms with Gasteiger partial charge in [-0.2, -0.15) is 0 Å². The predicted molar refractivity (Wildman–Crippen MR) is 128 cm³/mol. The minimum atomic E-state index is -0.461. The van der Waals surface area contributed by atoms with Crippen molar-refractivity contribution in [1.29, 1.82) is 0 Å². The van der Waals surface area contributed by atoms with E-state index in [9.17, 15) is 9.59 Å². The average Bonchev–Trinajstić information content (AvgIpc) is 3.05. The summed E-state index contributed by atoms with van der Waals surface area (Å²) in [5.41, 5.74) is 3.41. The van der Waals surface area contributed by atoms with Crippen molar-refractivity contribution in [2.75, 3.05) is 19.5 Å². The monoisotopic (exact) mass is 469 g/mol. The third-order valence-corrected chi connectivity index (χ3v) is 6.23. The summed E-state index contributed by atoms with van der Waals surface area (Å²) in [5, 5.41) is 4.93. The van der Waals surface area contributed by atoms with E-state index in [1.54, 1.807) is 18.2 Å². The Kier molecular flexibility index (Phi) is 6.08. The first kappa shape index (κ1) is 22.7. The summed E-state index contributed by atoms with van der Waals surface area (Å²) in [5.74, 6) is 1.39. The number of anilines is 1. The Morgan fingerprint density at radius 2 is 1.61 bits per heavy atom. The quantitative estimate of drug-likeness (QED) is 0.364. The molecule has 4 aromatic rings. The number of carbonyl (C=O) groups excluding carboxylic acids is 1. The van der Waals surface area contributed by atoms with Crippen molar-refractivity contribution in [2.45, 2.75) is 33.6 Å². The summed E-state index contributed by atoms with van der Waals surface area (Å²) in [7, 11) is 2.98. The Morgan fingerprint density at radius 1 is 0.939 bits per heavy atom. The zero-order chi connectivity index (χ0) is 23.9. The number of rotatable bonds is 6. The lowest BCUT2D eigenvalue weighted by molar-refractivity contribution is -0.116. The predicted octanol–water partition coefficient (Wildman–Crippen LogP) is 5.71. The second-order valence-corrected chi connectivity index (χ2v) is 8.26. The van der Waals surface area contributed by atoms with Crippen LogP contribution < -0.4 is 20.4 Å². The number of carbonyl (C=O) groups is 1. The number of halogens is 1. The van der Waals surface area contributed by atoms with Crippen LogP contribution >= 0.6 is 11.6 Å². The third-order valence-electron chi connectivity index (χ3n) is 5.93. The van der Waals surface area contributed by atoms with Crippen molar-refractivity contribution in [3.05, 3.63) is 62.2 Å². The lowest BCUT2D eigenvalue weighted by atomic mass is 10.0. The Bertz CT molecular complexity index is 1450. The van der Waals surface area contributed by atoms with E-state index in [0.717, 1.165) is 27.7 Å². The topological polar surface area (TPSA) is 90.9 Å². The molecule has 0 spiro atoms. The molecule has 0 bridgehead atoms. The molecule has 2 aromatic heterocycles. The Labute approximate surface area is 195 Å². The van der Waals surface area contributed by atoms with Gasteiger partial charge in [0.1, 0.15) is 28.4 Å². The summed E-state index contributed by atoms with van der Waals surface area (Å²) >= 11 is 6.17. The smallest absolute Gasteiger partial charge is 0.339 e. The van der Waals surface area contributed by atoms with E-state index in [2.05, 4.69) is 5.32 Å². The molecule has 0 unspecified atom stereocenters. The zero-order valence-electron chi connectivity index (χ0n) is 19.1. The number of hydrogen-bond acceptors (Lipinski definition) is 6. The normalized spacial score (nSPS) is 11.2. The highest BCUT2D eigenvalue weighted by atomic mass is 35.5. The van der Waals surface area contributed by atoms with Crippen LogP contribution in [0, 0.1) is 20.8 Å². The largest absolute Gasteiger partial charge is 0.495 e. The third kappa shape index (κ3) is 4.16. The molecule has 2 heterocycles. The van der Waals surface area contributed by atoms with Crippen molar-refractivity contribution in [2.24, 2.45) is 0 Å². The fraction of sp³-hybridized carbons (Fsp3) is 0.280. The maximum absolute atomic E-state index is 12.7. The van der Waals surface area contributed by atoms with Gasteiger partial charge in [-0.1, -0.05) is 11.6 Å². The van der Waals surface area contributed by atoms with Gasteiger partial charge in [0.2, 0.25) is 5.91 Å². The molecule has 0 aliphatic rings. The molecule has 4 rings (SSSR count). The molecule has 0 saturated heterocycles. The van der Waals surface area contributed by atoms with Gasteiger partial charge in [-0.25, -0.2) is 4.79 Å². The summed E-state index contributed by atoms with van der Waals surface area (Å²) in [6.07, 6.45) is 0.305. The molecule has 1 N–H and O–H groups in total. The van der Waals surface area contributed by atoms with Crippen LogP contribution in [0.15, 0.2) is 37.9 Å². The van der Waals surface area contributed by atoms with E-state index in [1.165, 1.54) is 14.2 Å². The molecule has 1 amide bonds. The second kappa shape index (κ2) is 8.83. The Hall–Kier alpha value is -3.45. The molecule has 8 heteroatoms. The summed E-state index contributed by atoms with van der Waals surface area (Å²) in [6.45, 7) is 5.76. The summed E-state index contributed by atoms with van der Waals surface area (Å²) in [4.78, 5) is 25.3. The van der Waals surface area contributed by atoms with Gasteiger partial charge in [0.05, 0.1) is 24.9 Å². The van der Waals surface area contributed by atoms with Gasteiger partial charge in [0.15, 0.2) is 0 Å². The minimum Gasteiger partial charge on any atom is -0.495 e. The molecule has 0 atom stereocenters. The van der Waals surface area contributed by atoms with E-state index >= 15 is 0 Å². The van der Waals surface area contributed by atoms with E-state index in [0.29, 0.717) is 38.9 Å². The molecule has 7 nitrogen and oxygen atoms in total. The number of benzene rings is 2. The second-order valence-electron chi connectivity index (χ2n) is 7.86. The van der Waals surface area contributed by atoms with Crippen LogP contribution in [0.1, 0.15) is 28.9 Å². The van der Waals surface area contributed by atoms with Crippen molar-refractivity contribution >= 4 is 45.1 Å². The number of hydrogen-bond donors (Lipinski definition) is 1. The molecule has 172 valence electrons. The number of fused-ring (bicyclic) bond motifs is 2. The molecular weight excluding hydrogens is 446 g/mol. The maximum atomic E-state index is 12.7. The minimum absolute atomic E-state index is 0.0794. The molecule has 0 aliphatic heterocycles. The lowest BCUT2D eigenvalue weighted by Gasteiger charge is -2.13. The first-order chi connectivity index (χ1) is 15.7. The lowest BCUT2D eigenvalue weighted by Crippen LogP contribution is -2.17. The van der Waals surface area contributed by atoms with Crippen molar-refractivity contribution in [3.8, 4) is 11.5 Å². The SMILES string of the molecule is COc1cc(OC)c(NC(=O)CCc2c(C)c3cc4c(C)c(C)oc4cc3oc2=O)cc1Cl. The highest BCUT2D eigenvalue weighted by Crippen LogP contribution is 2.36. The van der Waals surface area contributed by atoms with Gasteiger partial charge in [-0.3, -0.25) is 4.79 Å². The zero-order valence-corrected chi connectivity index (χ0v) is 19.8. The molecule has 0 saturated carbocycles. The van der Waals surface area contributed by atoms with Crippen LogP contribution in [0.5, 0.6) is 11.5 Å². The first-order valence-corrected chi connectivity index (χ1v) is 10.8. The van der Waals surface area contributed by atoms with Gasteiger partial charge in [-0.05, 0) is 50.5 Å². The van der Waals surface area contributed by atoms with Crippen LogP contribution in [-0.2, 0) is 11.2 Å². The van der Waals surface area contributed by atoms with E-state index in [1.807, 2.05) is 26.8 Å². The molecule has 0 radical (unpaired) electrons. The van der Waals surface area contributed by atoms with Crippen LogP contribution in [-0.4, -0.2) is 20.1 Å². The van der Waals surface area contributed by atoms with Crippen LogP contribution in [0.3, 0.4) is 0 Å². The Morgan fingerprint density at radius 3 is 2.30 bits per heavy atom. The number of methoxy groups -OCH3 is 2. The van der Waals surface area contributed by atoms with Gasteiger partial charge in [0, 0.05) is 34.9 Å². The Balaban J connectivity index is 1.60. The van der Waals surface area contributed by atoms with Crippen molar-refractivity contribution < 1.29 is 23.1 Å². The molecule has 0 fully saturated rings. The number of amides is 1. The van der Waals surface area contributed by atoms with E-state index in [-0.39, 0.29) is 18.7 Å². The van der Waals surface area contributed by atoms with Gasteiger partial charge in [0.25, 0.3) is 0 Å². The molecule has 33 heavy (non-hydrogen) atoms. The molecular formula is C25H24ClNO6. The first-order valence-electron chi connectivity index (χ1n) is 10.4. The highest BCUT2D eigenvalue weighted by Gasteiger charge is 2.17. The van der Waals surface area contributed by atoms with E-state index < -0.39 is 5.63 Å². The van der Waals surface area contributed by atoms with Gasteiger partial charge < -0.3 is 23.6 Å². The molecule has 2 aromatic carbocycles. The van der Waals surface area contributed by atoms with Crippen LogP contribution in [0.25, 0.3) is 21.9 Å². The fourth-order valence-electron chi connectivity index (χ4n) is 3.92. The van der Waals surface area contributed by atoms with Gasteiger partial charge in [-0.15, -0.1) is 0 Å². The average molecular weight is 470 g/mol. The summed E-state index contributed by atoms with van der Waals surface area (Å²) < 4.78 is 21.8. The summed E-state index contributed by atoms with van der Waals surface area (Å²) in [6, 6.07) is 6.88. The van der Waals surface area contributed by atoms with Crippen LogP contribution in [0.2, 0.25) is 5.02 Å². The van der Waals surface area contributed by atoms with Gasteiger partial charge >= 0.3 is 5.63 Å². The highest BCUT2D eigenvalue weighted by molar-refractivity contribution is 6.32. The number of furan rings is 1.